The van der Waals surface area contributed by atoms with Crippen molar-refractivity contribution in [1.82, 2.24) is 10.2 Å². The predicted molar refractivity (Wildman–Crippen MR) is 87.9 cm³/mol. The molecule has 0 aliphatic carbocycles. The van der Waals surface area contributed by atoms with Crippen LogP contribution in [0.3, 0.4) is 0 Å². The molecule has 1 aliphatic heterocycles. The molecule has 0 unspecified atom stereocenters. The summed E-state index contributed by atoms with van der Waals surface area (Å²) in [7, 11) is 0. The Balaban J connectivity index is 1.66. The van der Waals surface area contributed by atoms with Gasteiger partial charge in [-0.15, -0.1) is 0 Å². The zero-order valence-corrected chi connectivity index (χ0v) is 13.4. The number of hydrogen-bond acceptors (Lipinski definition) is 4. The molecular formula is C17H25N3O3. The number of carbonyl (C=O) groups excluding carboxylic acids is 2. The number of para-hydroxylation sites is 1. The van der Waals surface area contributed by atoms with Gasteiger partial charge in [-0.1, -0.05) is 18.2 Å². The van der Waals surface area contributed by atoms with Gasteiger partial charge in [-0.3, -0.25) is 9.59 Å². The SMILES string of the molecule is NCCNC(=O)C1CCN(C(=O)CCOc2ccccc2)CC1. The molecule has 0 bridgehead atoms. The number of hydrogen-bond donors (Lipinski definition) is 2. The number of carbonyl (C=O) groups is 2. The third kappa shape index (κ3) is 5.56. The van der Waals surface area contributed by atoms with Crippen LogP contribution in [0.25, 0.3) is 0 Å². The molecule has 1 saturated heterocycles. The molecule has 1 aliphatic rings. The summed E-state index contributed by atoms with van der Waals surface area (Å²) >= 11 is 0. The highest BCUT2D eigenvalue weighted by atomic mass is 16.5. The molecule has 23 heavy (non-hydrogen) atoms. The van der Waals surface area contributed by atoms with E-state index >= 15 is 0 Å². The number of nitrogens with one attached hydrogen (secondary N) is 1. The van der Waals surface area contributed by atoms with E-state index in [1.807, 2.05) is 35.2 Å². The molecule has 0 aromatic heterocycles. The summed E-state index contributed by atoms with van der Waals surface area (Å²) in [6.45, 7) is 2.59. The second-order valence-electron chi connectivity index (χ2n) is 5.65. The molecule has 2 amide bonds. The van der Waals surface area contributed by atoms with Crippen LogP contribution in [0.15, 0.2) is 30.3 Å². The lowest BCUT2D eigenvalue weighted by atomic mass is 9.95. The van der Waals surface area contributed by atoms with E-state index < -0.39 is 0 Å². The van der Waals surface area contributed by atoms with Crippen molar-refractivity contribution < 1.29 is 14.3 Å². The molecule has 6 nitrogen and oxygen atoms in total. The van der Waals surface area contributed by atoms with E-state index in [9.17, 15) is 9.59 Å². The first kappa shape index (κ1) is 17.3. The Labute approximate surface area is 137 Å². The highest BCUT2D eigenvalue weighted by Crippen LogP contribution is 2.18. The Morgan fingerprint density at radius 3 is 2.57 bits per heavy atom. The van der Waals surface area contributed by atoms with Crippen molar-refractivity contribution in [3.8, 4) is 5.75 Å². The van der Waals surface area contributed by atoms with Crippen molar-refractivity contribution in [1.29, 1.82) is 0 Å². The van der Waals surface area contributed by atoms with E-state index in [2.05, 4.69) is 5.32 Å². The molecule has 1 fully saturated rings. The fourth-order valence-corrected chi connectivity index (χ4v) is 2.66. The number of ether oxygens (including phenoxy) is 1. The summed E-state index contributed by atoms with van der Waals surface area (Å²) in [6, 6.07) is 9.47. The van der Waals surface area contributed by atoms with Gasteiger partial charge < -0.3 is 20.7 Å². The van der Waals surface area contributed by atoms with Crippen LogP contribution in [0.4, 0.5) is 0 Å². The standard InChI is InChI=1S/C17H25N3O3/c18-9-10-19-17(22)14-6-11-20(12-7-14)16(21)8-13-23-15-4-2-1-3-5-15/h1-5,14H,6-13,18H2,(H,19,22). The summed E-state index contributed by atoms with van der Waals surface area (Å²) in [4.78, 5) is 25.9. The smallest absolute Gasteiger partial charge is 0.225 e. The van der Waals surface area contributed by atoms with E-state index in [-0.39, 0.29) is 17.7 Å². The molecule has 1 heterocycles. The van der Waals surface area contributed by atoms with Gasteiger partial charge in [0.05, 0.1) is 13.0 Å². The van der Waals surface area contributed by atoms with Crippen molar-refractivity contribution in [3.05, 3.63) is 30.3 Å². The van der Waals surface area contributed by atoms with E-state index in [4.69, 9.17) is 10.5 Å². The third-order valence-electron chi connectivity index (χ3n) is 3.99. The first-order chi connectivity index (χ1) is 11.2. The van der Waals surface area contributed by atoms with Gasteiger partial charge in [-0.2, -0.15) is 0 Å². The Morgan fingerprint density at radius 1 is 1.22 bits per heavy atom. The Kier molecular flexibility index (Phi) is 6.87. The number of nitrogens with two attached hydrogens (primary N) is 1. The molecule has 0 radical (unpaired) electrons. The highest BCUT2D eigenvalue weighted by Gasteiger charge is 2.26. The maximum absolute atomic E-state index is 12.2. The van der Waals surface area contributed by atoms with Crippen LogP contribution in [0.2, 0.25) is 0 Å². The average molecular weight is 319 g/mol. The fraction of sp³-hybridized carbons (Fsp3) is 0.529. The van der Waals surface area contributed by atoms with Gasteiger partial charge in [0.1, 0.15) is 5.75 Å². The van der Waals surface area contributed by atoms with Crippen LogP contribution < -0.4 is 15.8 Å². The third-order valence-corrected chi connectivity index (χ3v) is 3.99. The molecule has 1 aromatic rings. The predicted octanol–water partition coefficient (Wildman–Crippen LogP) is 0.769. The zero-order chi connectivity index (χ0) is 16.5. The molecule has 1 aromatic carbocycles. The van der Waals surface area contributed by atoms with E-state index in [0.29, 0.717) is 52.0 Å². The van der Waals surface area contributed by atoms with E-state index in [1.54, 1.807) is 0 Å². The van der Waals surface area contributed by atoms with Gasteiger partial charge in [-0.05, 0) is 25.0 Å². The van der Waals surface area contributed by atoms with Crippen molar-refractivity contribution in [3.63, 3.8) is 0 Å². The molecule has 3 N–H and O–H groups in total. The zero-order valence-electron chi connectivity index (χ0n) is 13.4. The average Bonchev–Trinajstić information content (AvgIpc) is 2.60. The maximum Gasteiger partial charge on any atom is 0.225 e. The van der Waals surface area contributed by atoms with Gasteiger partial charge in [0.2, 0.25) is 11.8 Å². The molecule has 0 atom stereocenters. The van der Waals surface area contributed by atoms with Gasteiger partial charge in [0, 0.05) is 32.1 Å². The number of amides is 2. The van der Waals surface area contributed by atoms with Gasteiger partial charge >= 0.3 is 0 Å². The second kappa shape index (κ2) is 9.15. The van der Waals surface area contributed by atoms with Gasteiger partial charge in [0.25, 0.3) is 0 Å². The summed E-state index contributed by atoms with van der Waals surface area (Å²) in [5.41, 5.74) is 5.38. The van der Waals surface area contributed by atoms with Crippen LogP contribution in [-0.4, -0.2) is 49.5 Å². The summed E-state index contributed by atoms with van der Waals surface area (Å²) < 4.78 is 5.55. The molecule has 2 rings (SSSR count). The Hall–Kier alpha value is -2.08. The minimum Gasteiger partial charge on any atom is -0.493 e. The molecular weight excluding hydrogens is 294 g/mol. The van der Waals surface area contributed by atoms with Gasteiger partial charge in [0.15, 0.2) is 0 Å². The topological polar surface area (TPSA) is 84.7 Å². The van der Waals surface area contributed by atoms with Crippen LogP contribution in [0, 0.1) is 5.92 Å². The quantitative estimate of drug-likeness (QED) is 0.777. The monoisotopic (exact) mass is 319 g/mol. The lowest BCUT2D eigenvalue weighted by Crippen LogP contribution is -2.44. The number of benzene rings is 1. The van der Waals surface area contributed by atoms with Crippen molar-refractivity contribution in [2.45, 2.75) is 19.3 Å². The van der Waals surface area contributed by atoms with Crippen molar-refractivity contribution in [2.75, 3.05) is 32.8 Å². The van der Waals surface area contributed by atoms with Crippen LogP contribution >= 0.6 is 0 Å². The van der Waals surface area contributed by atoms with E-state index in [0.717, 1.165) is 5.75 Å². The van der Waals surface area contributed by atoms with Crippen molar-refractivity contribution in [2.24, 2.45) is 11.7 Å². The minimum atomic E-state index is -0.00818. The number of piperidine rings is 1. The number of nitrogens with zero attached hydrogens (tertiary/aromatic N) is 1. The summed E-state index contributed by atoms with van der Waals surface area (Å²) in [6.07, 6.45) is 1.78. The Bertz CT molecular complexity index is 499. The van der Waals surface area contributed by atoms with Crippen LogP contribution in [0.5, 0.6) is 5.75 Å². The molecule has 6 heteroatoms. The first-order valence-electron chi connectivity index (χ1n) is 8.14. The summed E-state index contributed by atoms with van der Waals surface area (Å²) in [5, 5.41) is 2.81. The molecule has 0 spiro atoms. The molecule has 0 saturated carbocycles. The second-order valence-corrected chi connectivity index (χ2v) is 5.65. The lowest BCUT2D eigenvalue weighted by Gasteiger charge is -2.31. The van der Waals surface area contributed by atoms with Crippen LogP contribution in [-0.2, 0) is 9.59 Å². The van der Waals surface area contributed by atoms with Crippen molar-refractivity contribution >= 4 is 11.8 Å². The fourth-order valence-electron chi connectivity index (χ4n) is 2.66. The summed E-state index contributed by atoms with van der Waals surface area (Å²) in [5.74, 6) is 0.901. The van der Waals surface area contributed by atoms with Crippen LogP contribution in [0.1, 0.15) is 19.3 Å². The normalized spacial score (nSPS) is 15.3. The van der Waals surface area contributed by atoms with E-state index in [1.165, 1.54) is 0 Å². The molecule has 126 valence electrons. The largest absolute Gasteiger partial charge is 0.493 e. The minimum absolute atomic E-state index is 0.00818. The highest BCUT2D eigenvalue weighted by molar-refractivity contribution is 5.80. The number of likely N-dealkylation sites (tertiary alicyclic amines) is 1. The lowest BCUT2D eigenvalue weighted by molar-refractivity contribution is -0.136. The Morgan fingerprint density at radius 2 is 1.91 bits per heavy atom. The first-order valence-corrected chi connectivity index (χ1v) is 8.14. The maximum atomic E-state index is 12.2. The van der Waals surface area contributed by atoms with Gasteiger partial charge in [-0.25, -0.2) is 0 Å². The number of rotatable bonds is 7.